The van der Waals surface area contributed by atoms with Crippen LogP contribution in [-0.4, -0.2) is 27.8 Å². The van der Waals surface area contributed by atoms with Gasteiger partial charge in [0.25, 0.3) is 0 Å². The lowest BCUT2D eigenvalue weighted by Crippen LogP contribution is -2.16. The summed E-state index contributed by atoms with van der Waals surface area (Å²) in [6, 6.07) is 18.9. The van der Waals surface area contributed by atoms with Crippen molar-refractivity contribution in [3.63, 3.8) is 0 Å². The molecule has 1 heterocycles. The molecule has 0 bridgehead atoms. The Bertz CT molecular complexity index is 1540. The molecule has 0 N–H and O–H groups in total. The molecule has 3 aromatic carbocycles. The van der Waals surface area contributed by atoms with E-state index in [9.17, 15) is 14.4 Å². The Balaban J connectivity index is 1.72. The Morgan fingerprint density at radius 2 is 1.36 bits per heavy atom. The predicted molar refractivity (Wildman–Crippen MR) is 157 cm³/mol. The zero-order valence-electron chi connectivity index (χ0n) is 23.3. The summed E-state index contributed by atoms with van der Waals surface area (Å²) in [7, 11) is 0. The number of oxime groups is 1. The largest absolute Gasteiger partial charge is 0.341 e. The summed E-state index contributed by atoms with van der Waals surface area (Å²) >= 11 is 0. The number of ketones is 2. The minimum atomic E-state index is -0.557. The van der Waals surface area contributed by atoms with Gasteiger partial charge in [-0.3, -0.25) is 9.59 Å². The van der Waals surface area contributed by atoms with Gasteiger partial charge < -0.3 is 9.40 Å². The molecular formula is C33H36N2O4. The molecule has 0 spiro atoms. The molecule has 0 unspecified atom stereocenters. The van der Waals surface area contributed by atoms with Crippen LogP contribution in [0.5, 0.6) is 0 Å². The molecule has 4 aromatic rings. The van der Waals surface area contributed by atoms with Crippen LogP contribution in [0.3, 0.4) is 0 Å². The molecule has 0 saturated carbocycles. The fraction of sp³-hybridized carbons (Fsp3) is 0.333. The third kappa shape index (κ3) is 6.33. The number of carbonyl (C=O) groups excluding carboxylic acids is 3. The van der Waals surface area contributed by atoms with Gasteiger partial charge in [-0.1, -0.05) is 67.6 Å². The highest BCUT2D eigenvalue weighted by Crippen LogP contribution is 2.31. The number of benzene rings is 3. The number of nitrogens with zero attached hydrogens (tertiary/aromatic N) is 2. The smallest absolute Gasteiger partial charge is 0.331 e. The van der Waals surface area contributed by atoms with Crippen LogP contribution in [0.25, 0.3) is 21.8 Å². The van der Waals surface area contributed by atoms with E-state index in [-0.39, 0.29) is 17.3 Å². The highest BCUT2D eigenvalue weighted by atomic mass is 16.7. The van der Waals surface area contributed by atoms with Crippen LogP contribution in [0.4, 0.5) is 0 Å². The van der Waals surface area contributed by atoms with Crippen LogP contribution in [0.1, 0.15) is 91.1 Å². The normalized spacial score (nSPS) is 11.7. The number of hydrogen-bond acceptors (Lipinski definition) is 5. The first-order valence-corrected chi connectivity index (χ1v) is 13.8. The second-order valence-corrected chi connectivity index (χ2v) is 10.0. The first kappa shape index (κ1) is 28.0. The minimum absolute atomic E-state index is 0.0413. The summed E-state index contributed by atoms with van der Waals surface area (Å²) in [6.45, 7) is 8.24. The number of fused-ring (bicyclic) bond motifs is 3. The van der Waals surface area contributed by atoms with E-state index >= 15 is 0 Å². The number of rotatable bonds is 12. The van der Waals surface area contributed by atoms with Crippen LogP contribution in [-0.2, 0) is 16.2 Å². The molecule has 0 aliphatic heterocycles. The van der Waals surface area contributed by atoms with Gasteiger partial charge in [-0.15, -0.1) is 0 Å². The monoisotopic (exact) mass is 524 g/mol. The number of aryl methyl sites for hydroxylation is 2. The quantitative estimate of drug-likeness (QED) is 0.0622. The van der Waals surface area contributed by atoms with Gasteiger partial charge in [0.2, 0.25) is 5.78 Å². The van der Waals surface area contributed by atoms with E-state index in [1.807, 2.05) is 61.5 Å². The lowest BCUT2D eigenvalue weighted by Gasteiger charge is -2.07. The van der Waals surface area contributed by atoms with Crippen LogP contribution in [0, 0.1) is 6.92 Å². The molecule has 39 heavy (non-hydrogen) atoms. The van der Waals surface area contributed by atoms with Crippen LogP contribution in [0.15, 0.2) is 65.8 Å². The van der Waals surface area contributed by atoms with Gasteiger partial charge in [0, 0.05) is 52.0 Å². The highest BCUT2D eigenvalue weighted by Gasteiger charge is 2.19. The molecule has 1 aromatic heterocycles. The van der Waals surface area contributed by atoms with Crippen molar-refractivity contribution in [2.45, 2.75) is 72.8 Å². The molecule has 0 saturated heterocycles. The van der Waals surface area contributed by atoms with Gasteiger partial charge in [-0.05, 0) is 63.1 Å². The van der Waals surface area contributed by atoms with Crippen LogP contribution < -0.4 is 0 Å². The van der Waals surface area contributed by atoms with E-state index in [0.717, 1.165) is 66.0 Å². The first-order chi connectivity index (χ1) is 18.8. The zero-order valence-corrected chi connectivity index (χ0v) is 23.3. The molecular weight excluding hydrogens is 488 g/mol. The fourth-order valence-corrected chi connectivity index (χ4v) is 4.98. The lowest BCUT2D eigenvalue weighted by molar-refractivity contribution is -0.140. The number of aromatic nitrogens is 1. The van der Waals surface area contributed by atoms with E-state index in [2.05, 4.69) is 23.6 Å². The molecule has 0 fully saturated rings. The summed E-state index contributed by atoms with van der Waals surface area (Å²) < 4.78 is 2.18. The highest BCUT2D eigenvalue weighted by molar-refractivity contribution is 6.46. The summed E-state index contributed by atoms with van der Waals surface area (Å²) in [4.78, 5) is 43.1. The minimum Gasteiger partial charge on any atom is -0.341 e. The average Bonchev–Trinajstić information content (AvgIpc) is 3.26. The maximum absolute atomic E-state index is 13.5. The van der Waals surface area contributed by atoms with E-state index in [0.29, 0.717) is 23.1 Å². The van der Waals surface area contributed by atoms with Crippen molar-refractivity contribution < 1.29 is 19.2 Å². The SMILES string of the molecule is CCCCCCC/C(=N\OC(C)=O)C(=O)c1ccc2c(c1)c1cc(C(=O)c3ccc(C)cc3)ccc1n2CC. The third-order valence-electron chi connectivity index (χ3n) is 7.08. The summed E-state index contributed by atoms with van der Waals surface area (Å²) in [5.41, 5.74) is 5.05. The van der Waals surface area contributed by atoms with Crippen LogP contribution >= 0.6 is 0 Å². The Kier molecular flexibility index (Phi) is 9.07. The number of unbranched alkanes of at least 4 members (excludes halogenated alkanes) is 4. The number of Topliss-reactive ketones (excluding diaryl/α,β-unsaturated/α-hetero) is 1. The fourth-order valence-electron chi connectivity index (χ4n) is 4.98. The molecule has 202 valence electrons. The van der Waals surface area contributed by atoms with Crippen molar-refractivity contribution in [3.8, 4) is 0 Å². The molecule has 0 aliphatic rings. The summed E-state index contributed by atoms with van der Waals surface area (Å²) in [5.74, 6) is -0.850. The molecule has 0 radical (unpaired) electrons. The van der Waals surface area contributed by atoms with E-state index in [4.69, 9.17) is 4.84 Å². The van der Waals surface area contributed by atoms with Gasteiger partial charge in [-0.25, -0.2) is 4.79 Å². The van der Waals surface area contributed by atoms with Crippen molar-refractivity contribution in [1.82, 2.24) is 4.57 Å². The third-order valence-corrected chi connectivity index (χ3v) is 7.08. The molecule has 4 rings (SSSR count). The second kappa shape index (κ2) is 12.7. The van der Waals surface area contributed by atoms with Crippen molar-refractivity contribution in [1.29, 1.82) is 0 Å². The molecule has 0 aliphatic carbocycles. The van der Waals surface area contributed by atoms with Crippen molar-refractivity contribution in [3.05, 3.63) is 82.9 Å². The van der Waals surface area contributed by atoms with E-state index < -0.39 is 5.97 Å². The van der Waals surface area contributed by atoms with Crippen molar-refractivity contribution >= 4 is 45.1 Å². The number of hydrogen-bond donors (Lipinski definition) is 0. The predicted octanol–water partition coefficient (Wildman–Crippen LogP) is 7.82. The Morgan fingerprint density at radius 1 is 0.769 bits per heavy atom. The van der Waals surface area contributed by atoms with Crippen molar-refractivity contribution in [2.24, 2.45) is 5.16 Å². The molecule has 0 atom stereocenters. The van der Waals surface area contributed by atoms with Gasteiger partial charge in [0.1, 0.15) is 5.71 Å². The lowest BCUT2D eigenvalue weighted by atomic mass is 9.98. The summed E-state index contributed by atoms with van der Waals surface area (Å²) in [6.07, 6.45) is 5.61. The number of carbonyl (C=O) groups is 3. The standard InChI is InChI=1S/C33H36N2O4/c1-5-7-8-9-10-11-29(34-39-23(4)36)33(38)26-17-19-31-28(21-26)27-20-25(16-18-30(27)35(31)6-2)32(37)24-14-12-22(3)13-15-24/h12-21H,5-11H2,1-4H3/b34-29+. The Labute approximate surface area is 229 Å². The Morgan fingerprint density at radius 3 is 1.97 bits per heavy atom. The van der Waals surface area contributed by atoms with E-state index in [1.165, 1.54) is 6.92 Å². The molecule has 0 amide bonds. The Hall–Kier alpha value is -4.06. The second-order valence-electron chi connectivity index (χ2n) is 10.0. The average molecular weight is 525 g/mol. The molecule has 6 heteroatoms. The van der Waals surface area contributed by atoms with E-state index in [1.54, 1.807) is 6.07 Å². The van der Waals surface area contributed by atoms with Crippen molar-refractivity contribution in [2.75, 3.05) is 0 Å². The molecule has 6 nitrogen and oxygen atoms in total. The van der Waals surface area contributed by atoms with Crippen LogP contribution in [0.2, 0.25) is 0 Å². The first-order valence-electron chi connectivity index (χ1n) is 13.8. The van der Waals surface area contributed by atoms with Gasteiger partial charge in [0.15, 0.2) is 5.78 Å². The van der Waals surface area contributed by atoms with Gasteiger partial charge >= 0.3 is 5.97 Å². The zero-order chi connectivity index (χ0) is 27.9. The summed E-state index contributed by atoms with van der Waals surface area (Å²) in [5, 5.41) is 5.73. The topological polar surface area (TPSA) is 77.7 Å². The van der Waals surface area contributed by atoms with Gasteiger partial charge in [-0.2, -0.15) is 0 Å². The maximum atomic E-state index is 13.5. The maximum Gasteiger partial charge on any atom is 0.331 e. The van der Waals surface area contributed by atoms with Gasteiger partial charge in [0.05, 0.1) is 0 Å².